The van der Waals surface area contributed by atoms with Crippen molar-refractivity contribution in [3.8, 4) is 0 Å². The van der Waals surface area contributed by atoms with Gasteiger partial charge in [-0.05, 0) is 0 Å². The van der Waals surface area contributed by atoms with Crippen LogP contribution in [0.25, 0.3) is 0 Å². The molecule has 0 aromatic rings. The van der Waals surface area contributed by atoms with Gasteiger partial charge in [-0.3, -0.25) is 0 Å². The van der Waals surface area contributed by atoms with Gasteiger partial charge >= 0.3 is 0 Å². The molecule has 0 aromatic carbocycles. The van der Waals surface area contributed by atoms with Crippen LogP contribution in [0.4, 0.5) is 0 Å². The van der Waals surface area contributed by atoms with Gasteiger partial charge in [0.2, 0.25) is 0 Å². The Morgan fingerprint density at radius 2 is 1.00 bits per heavy atom. The fourth-order valence-corrected chi connectivity index (χ4v) is 5.35. The third-order valence-electron chi connectivity index (χ3n) is 1.40. The lowest BCUT2D eigenvalue weighted by atomic mass is 11.1. The summed E-state index contributed by atoms with van der Waals surface area (Å²) in [5.41, 5.74) is 0. The van der Waals surface area contributed by atoms with E-state index in [2.05, 4.69) is 26.3 Å². The second-order valence-electron chi connectivity index (χ2n) is 2.45. The minimum absolute atomic E-state index is 0.628. The van der Waals surface area contributed by atoms with E-state index >= 15 is 0 Å². The maximum atomic E-state index is 11.4. The molecule has 0 saturated carbocycles. The van der Waals surface area contributed by atoms with Gasteiger partial charge in [0.25, 0.3) is 20.0 Å². The van der Waals surface area contributed by atoms with Gasteiger partial charge in [0, 0.05) is 23.2 Å². The molecule has 10 heteroatoms. The Morgan fingerprint density at radius 1 is 0.722 bits per heavy atom. The topological polar surface area (TPSA) is 74.8 Å². The van der Waals surface area contributed by atoms with E-state index in [-0.39, 0.29) is 0 Å². The summed E-state index contributed by atoms with van der Waals surface area (Å²) >= 11 is 0. The Kier molecular flexibility index (Phi) is 6.60. The summed E-state index contributed by atoms with van der Waals surface area (Å²) in [5.74, 6) is 0. The molecule has 0 spiro atoms. The zero-order valence-electron chi connectivity index (χ0n) is 9.30. The van der Waals surface area contributed by atoms with E-state index in [0.29, 0.717) is 22.0 Å². The summed E-state index contributed by atoms with van der Waals surface area (Å²) < 4.78 is 47.3. The van der Waals surface area contributed by atoms with Crippen molar-refractivity contribution in [3.63, 3.8) is 0 Å². The number of hydrogen-bond donors (Lipinski definition) is 0. The summed E-state index contributed by atoms with van der Waals surface area (Å²) in [7, 11) is -6.20. The maximum absolute atomic E-state index is 11.4. The molecule has 0 saturated heterocycles. The molecule has 0 aliphatic carbocycles. The Bertz CT molecular complexity index is 487. The highest BCUT2D eigenvalue weighted by molar-refractivity contribution is 8.76. The van der Waals surface area contributed by atoms with E-state index in [1.165, 1.54) is 0 Å². The monoisotopic (exact) mass is 328 g/mol. The first-order valence-electron chi connectivity index (χ1n) is 4.18. The third-order valence-corrected chi connectivity index (χ3v) is 7.63. The van der Waals surface area contributed by atoms with Crippen LogP contribution in [0.1, 0.15) is 0 Å². The molecule has 0 bridgehead atoms. The first kappa shape index (κ1) is 17.2. The average Bonchev–Trinajstić information content (AvgIpc) is 2.34. The van der Waals surface area contributed by atoms with Gasteiger partial charge in [-0.15, -0.1) is 0 Å². The van der Waals surface area contributed by atoms with Crippen LogP contribution in [0.3, 0.4) is 0 Å². The van der Waals surface area contributed by atoms with E-state index < -0.39 is 20.0 Å². The molecule has 0 radical (unpaired) electrons. The van der Waals surface area contributed by atoms with Gasteiger partial charge in [-0.1, -0.05) is 26.3 Å². The largest absolute Gasteiger partial charge is 0.266 e. The van der Waals surface area contributed by atoms with E-state index in [4.69, 9.17) is 0 Å². The van der Waals surface area contributed by atoms with E-state index in [1.54, 1.807) is 0 Å². The first-order chi connectivity index (χ1) is 8.25. The molecule has 0 aliphatic heterocycles. The molecule has 6 nitrogen and oxygen atoms in total. The summed E-state index contributed by atoms with van der Waals surface area (Å²) in [6, 6.07) is 0. The lowest BCUT2D eigenvalue weighted by molar-refractivity contribution is 0.579. The third kappa shape index (κ3) is 4.44. The van der Waals surface area contributed by atoms with Crippen molar-refractivity contribution in [2.24, 2.45) is 0 Å². The van der Waals surface area contributed by atoms with Crippen molar-refractivity contribution in [2.75, 3.05) is 0 Å². The zero-order valence-corrected chi connectivity index (χ0v) is 12.6. The molecule has 0 unspecified atom stereocenters. The van der Waals surface area contributed by atoms with Gasteiger partial charge in [0.15, 0.2) is 0 Å². The predicted molar refractivity (Wildman–Crippen MR) is 77.5 cm³/mol. The van der Waals surface area contributed by atoms with Crippen LogP contribution >= 0.6 is 22.0 Å². The molecule has 0 aromatic heterocycles. The van der Waals surface area contributed by atoms with Crippen LogP contribution in [-0.2, 0) is 20.0 Å². The van der Waals surface area contributed by atoms with Crippen LogP contribution < -0.4 is 0 Å². The second kappa shape index (κ2) is 6.92. The number of nitrogens with zero attached hydrogens (tertiary/aromatic N) is 2. The fraction of sp³-hybridized carbons (Fsp3) is 0. The summed E-state index contributed by atoms with van der Waals surface area (Å²) in [6.07, 6.45) is 2.05. The molecular weight excluding hydrogens is 316 g/mol. The average molecular weight is 328 g/mol. The lowest BCUT2D eigenvalue weighted by Crippen LogP contribution is -2.18. The van der Waals surface area contributed by atoms with Crippen molar-refractivity contribution < 1.29 is 16.8 Å². The molecule has 0 amide bonds. The minimum atomic E-state index is -3.73. The quantitative estimate of drug-likeness (QED) is 0.476. The minimum Gasteiger partial charge on any atom is -0.205 e. The van der Waals surface area contributed by atoms with Gasteiger partial charge < -0.3 is 0 Å². The normalized spacial score (nSPS) is 11.3. The van der Waals surface area contributed by atoms with E-state index in [1.807, 2.05) is 0 Å². The van der Waals surface area contributed by atoms with Gasteiger partial charge in [-0.2, -0.15) is 0 Å². The van der Waals surface area contributed by atoms with E-state index in [9.17, 15) is 16.8 Å². The molecule has 102 valence electrons. The van der Waals surface area contributed by atoms with E-state index in [0.717, 1.165) is 30.6 Å². The van der Waals surface area contributed by atoms with Crippen LogP contribution in [-0.4, -0.2) is 24.3 Å². The van der Waals surface area contributed by atoms with Crippen LogP contribution in [0.2, 0.25) is 0 Å². The molecule has 0 heterocycles. The molecule has 0 aliphatic rings. The van der Waals surface area contributed by atoms with Gasteiger partial charge in [0.1, 0.15) is 0 Å². The molecule has 18 heavy (non-hydrogen) atoms. The highest BCUT2D eigenvalue weighted by Crippen LogP contribution is 2.34. The van der Waals surface area contributed by atoms with Crippen molar-refractivity contribution >= 4 is 42.0 Å². The van der Waals surface area contributed by atoms with Crippen molar-refractivity contribution in [1.82, 2.24) is 7.42 Å². The Labute approximate surface area is 115 Å². The van der Waals surface area contributed by atoms with Crippen molar-refractivity contribution in [2.45, 2.75) is 0 Å². The molecule has 0 atom stereocenters. The lowest BCUT2D eigenvalue weighted by Gasteiger charge is -2.19. The standard InChI is InChI=1S/C8H12N2O4S4/c1-5-9(17(11,12)7-3)15-16-10(6-2)18(13,14)8-4/h5-8H,1-4H2. The van der Waals surface area contributed by atoms with Gasteiger partial charge in [-0.25, -0.2) is 24.3 Å². The molecule has 0 N–H and O–H groups in total. The van der Waals surface area contributed by atoms with Crippen molar-refractivity contribution in [1.29, 1.82) is 0 Å². The van der Waals surface area contributed by atoms with Crippen LogP contribution in [0, 0.1) is 0 Å². The predicted octanol–water partition coefficient (Wildman–Crippen LogP) is 2.04. The maximum Gasteiger partial charge on any atom is 0.266 e. The summed E-state index contributed by atoms with van der Waals surface area (Å²) in [6.45, 7) is 12.9. The van der Waals surface area contributed by atoms with Crippen molar-refractivity contribution in [3.05, 3.63) is 49.5 Å². The summed E-state index contributed by atoms with van der Waals surface area (Å²) in [5, 5.41) is 1.45. The zero-order chi connectivity index (χ0) is 14.4. The Balaban J connectivity index is 4.94. The van der Waals surface area contributed by atoms with Crippen LogP contribution in [0.5, 0.6) is 0 Å². The highest BCUT2D eigenvalue weighted by atomic mass is 33.1. The molecule has 0 rings (SSSR count). The van der Waals surface area contributed by atoms with Crippen LogP contribution in [0.15, 0.2) is 49.5 Å². The van der Waals surface area contributed by atoms with Gasteiger partial charge in [0.05, 0.1) is 22.0 Å². The second-order valence-corrected chi connectivity index (χ2v) is 8.40. The highest BCUT2D eigenvalue weighted by Gasteiger charge is 2.20. The Morgan fingerprint density at radius 3 is 1.17 bits per heavy atom. The molecular formula is C8H12N2O4S4. The summed E-state index contributed by atoms with van der Waals surface area (Å²) in [4.78, 5) is 0. The number of hydrogen-bond acceptors (Lipinski definition) is 6. The SMILES string of the molecule is C=CN(SSN(C=C)S(=O)(=O)C=C)S(=O)(=O)C=C. The number of sulfonamides is 2. The molecule has 0 fully saturated rings. The number of rotatable bonds is 9. The first-order valence-corrected chi connectivity index (χ1v) is 9.25. The smallest absolute Gasteiger partial charge is 0.205 e. The Hall–Kier alpha value is -0.840. The fourth-order valence-electron chi connectivity index (χ4n) is 0.566.